The Balaban J connectivity index is 0. The van der Waals surface area contributed by atoms with Gasteiger partial charge in [-0.25, -0.2) is 0 Å². The lowest BCUT2D eigenvalue weighted by Crippen LogP contribution is -2.16. The first-order chi connectivity index (χ1) is 5.87. The molecule has 1 heteroatoms. The lowest BCUT2D eigenvalue weighted by molar-refractivity contribution is 0.0674. The first-order valence-corrected chi connectivity index (χ1v) is 5.07. The van der Waals surface area contributed by atoms with E-state index in [1.165, 1.54) is 0 Å². The van der Waals surface area contributed by atoms with Crippen molar-refractivity contribution < 1.29 is 4.74 Å². The second-order valence-corrected chi connectivity index (χ2v) is 5.02. The molecular weight excluding hydrogens is 172 g/mol. The van der Waals surface area contributed by atoms with Gasteiger partial charge in [0, 0.05) is 7.11 Å². The fraction of sp³-hybridized carbons (Fsp3) is 0.846. The van der Waals surface area contributed by atoms with Crippen molar-refractivity contribution in [1.29, 1.82) is 0 Å². The Hall–Kier alpha value is -0.300. The second-order valence-electron chi connectivity index (χ2n) is 5.02. The maximum atomic E-state index is 5.38. The van der Waals surface area contributed by atoms with Gasteiger partial charge in [-0.15, -0.1) is 0 Å². The maximum absolute atomic E-state index is 5.38. The highest BCUT2D eigenvalue weighted by atomic mass is 16.5. The summed E-state index contributed by atoms with van der Waals surface area (Å²) >= 11 is 0. The fourth-order valence-electron chi connectivity index (χ4n) is 1.20. The third-order valence-electron chi connectivity index (χ3n) is 2.03. The van der Waals surface area contributed by atoms with Crippen molar-refractivity contribution in [1.82, 2.24) is 0 Å². The normalized spacial score (nSPS) is 14.5. The van der Waals surface area contributed by atoms with Crippen molar-refractivity contribution in [2.24, 2.45) is 11.3 Å². The van der Waals surface area contributed by atoms with Crippen LogP contribution in [-0.2, 0) is 4.74 Å². The Bertz CT molecular complexity index is 151. The summed E-state index contributed by atoms with van der Waals surface area (Å²) in [5.74, 6) is 0.592. The Morgan fingerprint density at radius 3 is 2.00 bits per heavy atom. The van der Waals surface area contributed by atoms with Crippen LogP contribution in [0.25, 0.3) is 0 Å². The minimum atomic E-state index is 0. The zero-order chi connectivity index (χ0) is 10.5. The molecule has 0 saturated heterocycles. The van der Waals surface area contributed by atoms with Crippen molar-refractivity contribution in [3.05, 3.63) is 12.2 Å². The lowest BCUT2D eigenvalue weighted by Gasteiger charge is -2.18. The molecule has 1 atom stereocenters. The predicted molar refractivity (Wildman–Crippen MR) is 65.6 cm³/mol. The molecule has 0 aliphatic rings. The first-order valence-electron chi connectivity index (χ1n) is 5.07. The third-order valence-corrected chi connectivity index (χ3v) is 2.03. The summed E-state index contributed by atoms with van der Waals surface area (Å²) in [6.45, 7) is 11.0. The standard InChI is InChI=1S/C12H24O.CH4/c1-10(2)11(13-6)8-7-9-12(3,4)5;/h7,9-11H,8H2,1-6H3;1H4/t11-;/m0./s1. The lowest BCUT2D eigenvalue weighted by atomic mass is 9.94. The van der Waals surface area contributed by atoms with Crippen LogP contribution in [-0.4, -0.2) is 13.2 Å². The van der Waals surface area contributed by atoms with Crippen LogP contribution in [0.1, 0.15) is 48.5 Å². The average molecular weight is 200 g/mol. The fourth-order valence-corrected chi connectivity index (χ4v) is 1.20. The summed E-state index contributed by atoms with van der Waals surface area (Å²) in [6, 6.07) is 0. The quantitative estimate of drug-likeness (QED) is 0.615. The van der Waals surface area contributed by atoms with Crippen molar-refractivity contribution in [2.45, 2.75) is 54.6 Å². The van der Waals surface area contributed by atoms with E-state index in [9.17, 15) is 0 Å². The molecule has 0 bridgehead atoms. The highest BCUT2D eigenvalue weighted by molar-refractivity contribution is 4.93. The van der Waals surface area contributed by atoms with Crippen molar-refractivity contribution >= 4 is 0 Å². The Morgan fingerprint density at radius 1 is 1.21 bits per heavy atom. The molecule has 0 unspecified atom stereocenters. The van der Waals surface area contributed by atoms with Crippen LogP contribution in [0.15, 0.2) is 12.2 Å². The van der Waals surface area contributed by atoms with Gasteiger partial charge in [-0.3, -0.25) is 0 Å². The van der Waals surface area contributed by atoms with Crippen molar-refractivity contribution in [3.8, 4) is 0 Å². The van der Waals surface area contributed by atoms with E-state index in [4.69, 9.17) is 4.74 Å². The van der Waals surface area contributed by atoms with Crippen molar-refractivity contribution in [3.63, 3.8) is 0 Å². The largest absolute Gasteiger partial charge is 0.381 e. The molecule has 0 N–H and O–H groups in total. The molecule has 0 heterocycles. The van der Waals surface area contributed by atoms with E-state index < -0.39 is 0 Å². The zero-order valence-corrected chi connectivity index (χ0v) is 9.92. The van der Waals surface area contributed by atoms with Gasteiger partial charge >= 0.3 is 0 Å². The molecule has 0 rings (SSSR count). The molecule has 0 aromatic rings. The highest BCUT2D eigenvalue weighted by Gasteiger charge is 2.10. The maximum Gasteiger partial charge on any atom is 0.0628 e. The van der Waals surface area contributed by atoms with Gasteiger partial charge < -0.3 is 4.74 Å². The van der Waals surface area contributed by atoms with Gasteiger partial charge in [-0.05, 0) is 17.8 Å². The smallest absolute Gasteiger partial charge is 0.0628 e. The zero-order valence-electron chi connectivity index (χ0n) is 9.92. The second kappa shape index (κ2) is 7.05. The molecule has 0 radical (unpaired) electrons. The van der Waals surface area contributed by atoms with Crippen LogP contribution in [0.3, 0.4) is 0 Å². The third kappa shape index (κ3) is 8.31. The summed E-state index contributed by atoms with van der Waals surface area (Å²) in [7, 11) is 1.79. The van der Waals surface area contributed by atoms with Gasteiger partial charge in [-0.2, -0.15) is 0 Å². The molecular formula is C13H28O. The monoisotopic (exact) mass is 200 g/mol. The van der Waals surface area contributed by atoms with Gasteiger partial charge in [0.1, 0.15) is 0 Å². The molecule has 0 amide bonds. The summed E-state index contributed by atoms with van der Waals surface area (Å²) in [5, 5.41) is 0. The SMILES string of the molecule is C.CO[C@@H](CC=CC(C)(C)C)C(C)C. The summed E-state index contributed by atoms with van der Waals surface area (Å²) in [6.07, 6.45) is 5.86. The van der Waals surface area contributed by atoms with E-state index in [2.05, 4.69) is 46.8 Å². The van der Waals surface area contributed by atoms with E-state index in [0.29, 0.717) is 12.0 Å². The van der Waals surface area contributed by atoms with Crippen LogP contribution >= 0.6 is 0 Å². The molecule has 14 heavy (non-hydrogen) atoms. The van der Waals surface area contributed by atoms with Crippen LogP contribution in [0, 0.1) is 11.3 Å². The van der Waals surface area contributed by atoms with Crippen LogP contribution < -0.4 is 0 Å². The average Bonchev–Trinajstić information content (AvgIpc) is 1.95. The minimum absolute atomic E-state index is 0. The summed E-state index contributed by atoms with van der Waals surface area (Å²) in [4.78, 5) is 0. The van der Waals surface area contributed by atoms with Crippen LogP contribution in [0.5, 0.6) is 0 Å². The van der Waals surface area contributed by atoms with Crippen LogP contribution in [0.4, 0.5) is 0 Å². The van der Waals surface area contributed by atoms with Crippen molar-refractivity contribution in [2.75, 3.05) is 7.11 Å². The Labute approximate surface area is 90.5 Å². The summed E-state index contributed by atoms with van der Waals surface area (Å²) < 4.78 is 5.38. The van der Waals surface area contributed by atoms with Crippen LogP contribution in [0.2, 0.25) is 0 Å². The molecule has 0 fully saturated rings. The Kier molecular flexibility index (Phi) is 8.13. The number of hydrogen-bond donors (Lipinski definition) is 0. The van der Waals surface area contributed by atoms with Gasteiger partial charge in [0.2, 0.25) is 0 Å². The number of ether oxygens (including phenoxy) is 1. The molecule has 0 aliphatic heterocycles. The molecule has 0 aromatic heterocycles. The predicted octanol–water partition coefficient (Wildman–Crippen LogP) is 4.29. The number of allylic oxidation sites excluding steroid dienone is 1. The molecule has 0 saturated carbocycles. The number of hydrogen-bond acceptors (Lipinski definition) is 1. The topological polar surface area (TPSA) is 9.23 Å². The molecule has 1 nitrogen and oxygen atoms in total. The summed E-state index contributed by atoms with van der Waals surface area (Å²) in [5.41, 5.74) is 0.287. The first kappa shape index (κ1) is 16.1. The molecule has 0 spiro atoms. The number of rotatable bonds is 4. The van der Waals surface area contributed by atoms with E-state index in [0.717, 1.165) is 6.42 Å². The van der Waals surface area contributed by atoms with Gasteiger partial charge in [0.15, 0.2) is 0 Å². The van der Waals surface area contributed by atoms with Gasteiger partial charge in [-0.1, -0.05) is 54.2 Å². The van der Waals surface area contributed by atoms with Gasteiger partial charge in [0.25, 0.3) is 0 Å². The molecule has 86 valence electrons. The van der Waals surface area contributed by atoms with Gasteiger partial charge in [0.05, 0.1) is 6.10 Å². The van der Waals surface area contributed by atoms with E-state index >= 15 is 0 Å². The Morgan fingerprint density at radius 2 is 1.71 bits per heavy atom. The molecule has 0 aromatic carbocycles. The van der Waals surface area contributed by atoms with E-state index in [1.54, 1.807) is 7.11 Å². The molecule has 0 aliphatic carbocycles. The number of methoxy groups -OCH3 is 1. The highest BCUT2D eigenvalue weighted by Crippen LogP contribution is 2.17. The minimum Gasteiger partial charge on any atom is -0.381 e. The van der Waals surface area contributed by atoms with E-state index in [1.807, 2.05) is 0 Å². The van der Waals surface area contributed by atoms with E-state index in [-0.39, 0.29) is 12.8 Å².